The van der Waals surface area contributed by atoms with Crippen molar-refractivity contribution in [2.24, 2.45) is 0 Å². The zero-order valence-corrected chi connectivity index (χ0v) is 18.6. The number of methoxy groups -OCH3 is 1. The minimum absolute atomic E-state index is 0.0581. The van der Waals surface area contributed by atoms with Crippen molar-refractivity contribution < 1.29 is 22.7 Å². The van der Waals surface area contributed by atoms with Gasteiger partial charge in [-0.3, -0.25) is 9.52 Å². The molecule has 0 saturated carbocycles. The molecule has 2 N–H and O–H groups in total. The lowest BCUT2D eigenvalue weighted by molar-refractivity contribution is 0.102. The highest BCUT2D eigenvalue weighted by Crippen LogP contribution is 2.28. The second kappa shape index (κ2) is 10.0. The molecular formula is C24H24N2O5S. The Hall–Kier alpha value is -3.78. The first-order valence-electron chi connectivity index (χ1n) is 9.75. The predicted molar refractivity (Wildman–Crippen MR) is 125 cm³/mol. The number of rotatable bonds is 9. The topological polar surface area (TPSA) is 93.7 Å². The van der Waals surface area contributed by atoms with Gasteiger partial charge in [-0.15, -0.1) is 0 Å². The minimum Gasteiger partial charge on any atom is -0.495 e. The Kier molecular flexibility index (Phi) is 7.17. The highest BCUT2D eigenvalue weighted by molar-refractivity contribution is 7.92. The Morgan fingerprint density at radius 1 is 1.03 bits per heavy atom. The van der Waals surface area contributed by atoms with Crippen LogP contribution in [0.2, 0.25) is 0 Å². The molecular weight excluding hydrogens is 428 g/mol. The van der Waals surface area contributed by atoms with Crippen LogP contribution in [0.25, 0.3) is 0 Å². The molecule has 3 rings (SSSR count). The van der Waals surface area contributed by atoms with Crippen LogP contribution in [0.1, 0.15) is 15.9 Å². The molecule has 0 radical (unpaired) electrons. The van der Waals surface area contributed by atoms with Gasteiger partial charge in [0.05, 0.1) is 17.7 Å². The summed E-state index contributed by atoms with van der Waals surface area (Å²) in [5.74, 6) is 0.733. The quantitative estimate of drug-likeness (QED) is 0.462. The van der Waals surface area contributed by atoms with Crippen LogP contribution in [0.4, 0.5) is 11.4 Å². The molecule has 0 aliphatic carbocycles. The van der Waals surface area contributed by atoms with Crippen LogP contribution in [-0.2, 0) is 10.0 Å². The molecule has 32 heavy (non-hydrogen) atoms. The lowest BCUT2D eigenvalue weighted by Crippen LogP contribution is -2.14. The third-order valence-corrected chi connectivity index (χ3v) is 5.89. The molecule has 0 spiro atoms. The molecule has 0 atom stereocenters. The van der Waals surface area contributed by atoms with Gasteiger partial charge in [0.25, 0.3) is 15.9 Å². The van der Waals surface area contributed by atoms with Gasteiger partial charge >= 0.3 is 0 Å². The average molecular weight is 453 g/mol. The van der Waals surface area contributed by atoms with Gasteiger partial charge in [0.2, 0.25) is 0 Å². The van der Waals surface area contributed by atoms with Gasteiger partial charge in [-0.1, -0.05) is 18.7 Å². The van der Waals surface area contributed by atoms with Crippen LogP contribution in [-0.4, -0.2) is 28.0 Å². The summed E-state index contributed by atoms with van der Waals surface area (Å²) in [5.41, 5.74) is 2.15. The van der Waals surface area contributed by atoms with Crippen LogP contribution in [0.15, 0.2) is 84.3 Å². The van der Waals surface area contributed by atoms with Crippen LogP contribution in [0, 0.1) is 6.92 Å². The van der Waals surface area contributed by atoms with Crippen molar-refractivity contribution in [1.29, 1.82) is 0 Å². The standard InChI is InChI=1S/C24H24N2O5S/c1-4-15-31-20-10-6-18(7-11-20)24(27)25-19-8-12-21(13-9-19)32(28,29)26-22-16-17(2)5-14-23(22)30-3/h4-14,16,26H,1,15H2,2-3H3,(H,25,27). The van der Waals surface area contributed by atoms with Gasteiger partial charge in [-0.2, -0.15) is 0 Å². The fourth-order valence-corrected chi connectivity index (χ4v) is 3.94. The van der Waals surface area contributed by atoms with E-state index in [1.165, 1.54) is 31.4 Å². The number of anilines is 2. The predicted octanol–water partition coefficient (Wildman–Crippen LogP) is 4.62. The summed E-state index contributed by atoms with van der Waals surface area (Å²) in [5, 5.41) is 2.74. The number of amides is 1. The Labute approximate surface area is 187 Å². The molecule has 0 fully saturated rings. The SMILES string of the molecule is C=CCOc1ccc(C(=O)Nc2ccc(S(=O)(=O)Nc3cc(C)ccc3OC)cc2)cc1. The van der Waals surface area contributed by atoms with Crippen LogP contribution in [0.3, 0.4) is 0 Å². The van der Waals surface area contributed by atoms with Crippen molar-refractivity contribution in [1.82, 2.24) is 0 Å². The second-order valence-electron chi connectivity index (χ2n) is 6.91. The van der Waals surface area contributed by atoms with E-state index in [0.29, 0.717) is 35.0 Å². The molecule has 0 unspecified atom stereocenters. The maximum Gasteiger partial charge on any atom is 0.262 e. The maximum absolute atomic E-state index is 12.8. The third kappa shape index (κ3) is 5.67. The molecule has 3 aromatic rings. The van der Waals surface area contributed by atoms with Gasteiger partial charge in [0, 0.05) is 11.3 Å². The van der Waals surface area contributed by atoms with Crippen molar-refractivity contribution in [2.45, 2.75) is 11.8 Å². The van der Waals surface area contributed by atoms with E-state index in [2.05, 4.69) is 16.6 Å². The van der Waals surface area contributed by atoms with Gasteiger partial charge in [-0.05, 0) is 73.2 Å². The number of benzene rings is 3. The Bertz CT molecular complexity index is 1200. The number of carbonyl (C=O) groups is 1. The fraction of sp³-hybridized carbons (Fsp3) is 0.125. The van der Waals surface area contributed by atoms with E-state index in [9.17, 15) is 13.2 Å². The van der Waals surface area contributed by atoms with Crippen molar-refractivity contribution in [3.63, 3.8) is 0 Å². The molecule has 8 heteroatoms. The van der Waals surface area contributed by atoms with E-state index in [-0.39, 0.29) is 10.8 Å². The summed E-state index contributed by atoms with van der Waals surface area (Å²) in [6, 6.07) is 17.8. The third-order valence-electron chi connectivity index (χ3n) is 4.51. The van der Waals surface area contributed by atoms with Gasteiger partial charge < -0.3 is 14.8 Å². The summed E-state index contributed by atoms with van der Waals surface area (Å²) < 4.78 is 38.7. The number of hydrogen-bond donors (Lipinski definition) is 2. The monoisotopic (exact) mass is 452 g/mol. The summed E-state index contributed by atoms with van der Waals surface area (Å²) in [6.45, 7) is 5.82. The smallest absolute Gasteiger partial charge is 0.262 e. The van der Waals surface area contributed by atoms with Crippen LogP contribution >= 0.6 is 0 Å². The number of carbonyl (C=O) groups excluding carboxylic acids is 1. The van der Waals surface area contributed by atoms with E-state index >= 15 is 0 Å². The number of nitrogens with one attached hydrogen (secondary N) is 2. The Morgan fingerprint density at radius 2 is 1.72 bits per heavy atom. The summed E-state index contributed by atoms with van der Waals surface area (Å²) in [7, 11) is -2.36. The zero-order chi connectivity index (χ0) is 23.1. The lowest BCUT2D eigenvalue weighted by atomic mass is 10.2. The molecule has 0 saturated heterocycles. The van der Waals surface area contributed by atoms with E-state index < -0.39 is 10.0 Å². The molecule has 0 aliphatic heterocycles. The van der Waals surface area contributed by atoms with Crippen LogP contribution in [0.5, 0.6) is 11.5 Å². The first kappa shape index (κ1) is 22.9. The molecule has 166 valence electrons. The van der Waals surface area contributed by atoms with E-state index in [0.717, 1.165) is 5.56 Å². The maximum atomic E-state index is 12.8. The molecule has 0 aliphatic rings. The number of sulfonamides is 1. The zero-order valence-electron chi connectivity index (χ0n) is 17.8. The number of ether oxygens (including phenoxy) is 2. The highest BCUT2D eigenvalue weighted by atomic mass is 32.2. The largest absolute Gasteiger partial charge is 0.495 e. The molecule has 0 bridgehead atoms. The molecule has 7 nitrogen and oxygen atoms in total. The molecule has 0 heterocycles. The molecule has 1 amide bonds. The average Bonchev–Trinajstić information content (AvgIpc) is 2.78. The summed E-state index contributed by atoms with van der Waals surface area (Å²) in [6.07, 6.45) is 1.64. The normalized spacial score (nSPS) is 10.8. The van der Waals surface area contributed by atoms with Crippen molar-refractivity contribution in [3.8, 4) is 11.5 Å². The Morgan fingerprint density at radius 3 is 2.34 bits per heavy atom. The second-order valence-corrected chi connectivity index (χ2v) is 8.59. The van der Waals surface area contributed by atoms with Crippen molar-refractivity contribution in [2.75, 3.05) is 23.8 Å². The summed E-state index contributed by atoms with van der Waals surface area (Å²) >= 11 is 0. The van der Waals surface area contributed by atoms with Crippen molar-refractivity contribution >= 4 is 27.3 Å². The van der Waals surface area contributed by atoms with Gasteiger partial charge in [0.15, 0.2) is 0 Å². The lowest BCUT2D eigenvalue weighted by Gasteiger charge is -2.13. The molecule has 0 aromatic heterocycles. The van der Waals surface area contributed by atoms with E-state index in [1.54, 1.807) is 42.5 Å². The van der Waals surface area contributed by atoms with Gasteiger partial charge in [0.1, 0.15) is 18.1 Å². The van der Waals surface area contributed by atoms with E-state index in [1.807, 2.05) is 13.0 Å². The number of aryl methyl sites for hydroxylation is 1. The minimum atomic E-state index is -3.84. The summed E-state index contributed by atoms with van der Waals surface area (Å²) in [4.78, 5) is 12.5. The molecule has 3 aromatic carbocycles. The Balaban J connectivity index is 1.69. The fourth-order valence-electron chi connectivity index (χ4n) is 2.88. The van der Waals surface area contributed by atoms with Crippen molar-refractivity contribution in [3.05, 3.63) is 90.5 Å². The highest BCUT2D eigenvalue weighted by Gasteiger charge is 2.17. The van der Waals surface area contributed by atoms with Crippen LogP contribution < -0.4 is 19.5 Å². The van der Waals surface area contributed by atoms with E-state index in [4.69, 9.17) is 9.47 Å². The number of hydrogen-bond acceptors (Lipinski definition) is 5. The van der Waals surface area contributed by atoms with Gasteiger partial charge in [-0.25, -0.2) is 8.42 Å². The first-order valence-corrected chi connectivity index (χ1v) is 11.2. The first-order chi connectivity index (χ1) is 15.3.